The zero-order valence-corrected chi connectivity index (χ0v) is 17.0. The maximum atomic E-state index is 14.3. The smallest absolute Gasteiger partial charge is 0.258 e. The van der Waals surface area contributed by atoms with Gasteiger partial charge in [-0.05, 0) is 48.9 Å². The van der Waals surface area contributed by atoms with E-state index in [0.717, 1.165) is 6.07 Å². The molecule has 30 heavy (non-hydrogen) atoms. The number of hydrogen-bond acceptors (Lipinski definition) is 4. The van der Waals surface area contributed by atoms with Gasteiger partial charge in [0.1, 0.15) is 11.6 Å². The van der Waals surface area contributed by atoms with Crippen LogP contribution in [0.2, 0.25) is 5.02 Å². The predicted molar refractivity (Wildman–Crippen MR) is 106 cm³/mol. The molecule has 5 nitrogen and oxygen atoms in total. The average molecular weight is 436 g/mol. The standard InChI is InChI=1S/C22H20ClF2NO4/c1-29-18-4-2-3-14(20(18)25)17(27)8-21-10-22(11-21,12-21)26-19(28)9-30-13-5-6-15(23)16(24)7-13/h2-7H,8-12H2,1H3,(H,26,28). The van der Waals surface area contributed by atoms with E-state index >= 15 is 0 Å². The number of ether oxygens (including phenoxy) is 2. The maximum Gasteiger partial charge on any atom is 0.258 e. The van der Waals surface area contributed by atoms with Crippen molar-refractivity contribution in [3.8, 4) is 11.5 Å². The number of hydrogen-bond donors (Lipinski definition) is 1. The predicted octanol–water partition coefficient (Wildman–Crippen LogP) is 4.32. The van der Waals surface area contributed by atoms with E-state index in [9.17, 15) is 18.4 Å². The highest BCUT2D eigenvalue weighted by Gasteiger charge is 2.68. The van der Waals surface area contributed by atoms with Crippen LogP contribution in [0.1, 0.15) is 36.0 Å². The zero-order chi connectivity index (χ0) is 21.5. The second kappa shape index (κ2) is 7.54. The van der Waals surface area contributed by atoms with Crippen LogP contribution in [-0.4, -0.2) is 30.9 Å². The van der Waals surface area contributed by atoms with Gasteiger partial charge >= 0.3 is 0 Å². The number of nitrogens with one attached hydrogen (secondary N) is 1. The molecule has 2 bridgehead atoms. The van der Waals surface area contributed by atoms with E-state index in [1.165, 1.54) is 31.4 Å². The lowest BCUT2D eigenvalue weighted by Crippen LogP contribution is -2.75. The van der Waals surface area contributed by atoms with Gasteiger partial charge in [-0.1, -0.05) is 17.7 Å². The summed E-state index contributed by atoms with van der Waals surface area (Å²) in [6.45, 7) is -0.246. The molecule has 0 radical (unpaired) electrons. The van der Waals surface area contributed by atoms with Gasteiger partial charge in [0.05, 0.1) is 17.7 Å². The normalized spacial score (nSPS) is 23.7. The quantitative estimate of drug-likeness (QED) is 0.627. The summed E-state index contributed by atoms with van der Waals surface area (Å²) in [5, 5.41) is 2.91. The number of carbonyl (C=O) groups excluding carboxylic acids is 2. The molecule has 0 atom stereocenters. The molecule has 1 N–H and O–H groups in total. The number of ketones is 1. The monoisotopic (exact) mass is 435 g/mol. The van der Waals surface area contributed by atoms with Crippen molar-refractivity contribution in [2.24, 2.45) is 5.41 Å². The summed E-state index contributed by atoms with van der Waals surface area (Å²) < 4.78 is 37.9. The van der Waals surface area contributed by atoms with Crippen LogP contribution in [0.25, 0.3) is 0 Å². The summed E-state index contributed by atoms with van der Waals surface area (Å²) in [7, 11) is 1.35. The van der Waals surface area contributed by atoms with Crippen molar-refractivity contribution < 1.29 is 27.8 Å². The summed E-state index contributed by atoms with van der Waals surface area (Å²) >= 11 is 5.61. The third kappa shape index (κ3) is 3.74. The number of benzene rings is 2. The largest absolute Gasteiger partial charge is 0.494 e. The van der Waals surface area contributed by atoms with Crippen molar-refractivity contribution in [3.05, 3.63) is 58.6 Å². The molecule has 0 spiro atoms. The van der Waals surface area contributed by atoms with Crippen molar-refractivity contribution in [1.29, 1.82) is 0 Å². The van der Waals surface area contributed by atoms with E-state index in [2.05, 4.69) is 5.32 Å². The lowest BCUT2D eigenvalue weighted by molar-refractivity contribution is -0.164. The number of carbonyl (C=O) groups is 2. The molecular weight excluding hydrogens is 416 g/mol. The first-order valence-corrected chi connectivity index (χ1v) is 9.87. The van der Waals surface area contributed by atoms with Crippen molar-refractivity contribution in [2.75, 3.05) is 13.7 Å². The number of Topliss-reactive ketones (excluding diaryl/α,β-unsaturated/α-hetero) is 1. The Morgan fingerprint density at radius 2 is 1.90 bits per heavy atom. The Morgan fingerprint density at radius 1 is 1.17 bits per heavy atom. The Balaban J connectivity index is 1.27. The SMILES string of the molecule is COc1cccc(C(=O)CC23CC(NC(=O)COc4ccc(Cl)c(F)c4)(C2)C3)c1F. The molecule has 0 unspecified atom stereocenters. The molecule has 5 rings (SSSR count). The molecular formula is C22H20ClF2NO4. The first kappa shape index (κ1) is 20.6. The van der Waals surface area contributed by atoms with Gasteiger partial charge in [0.15, 0.2) is 24.0 Å². The first-order valence-electron chi connectivity index (χ1n) is 9.49. The Bertz CT molecular complexity index is 1010. The van der Waals surface area contributed by atoms with Crippen molar-refractivity contribution in [3.63, 3.8) is 0 Å². The van der Waals surface area contributed by atoms with Gasteiger partial charge in [0.25, 0.3) is 5.91 Å². The molecule has 3 aliphatic rings. The highest BCUT2D eigenvalue weighted by atomic mass is 35.5. The van der Waals surface area contributed by atoms with Crippen molar-refractivity contribution >= 4 is 23.3 Å². The summed E-state index contributed by atoms with van der Waals surface area (Å²) in [6, 6.07) is 8.48. The van der Waals surface area contributed by atoms with E-state index in [-0.39, 0.29) is 57.8 Å². The summed E-state index contributed by atoms with van der Waals surface area (Å²) in [5.74, 6) is -1.58. The fraction of sp³-hybridized carbons (Fsp3) is 0.364. The van der Waals surface area contributed by atoms with Gasteiger partial charge in [-0.2, -0.15) is 0 Å². The zero-order valence-electron chi connectivity index (χ0n) is 16.3. The van der Waals surface area contributed by atoms with E-state index in [1.807, 2.05) is 0 Å². The van der Waals surface area contributed by atoms with Crippen molar-refractivity contribution in [1.82, 2.24) is 5.32 Å². The van der Waals surface area contributed by atoms with Crippen LogP contribution in [0.5, 0.6) is 11.5 Å². The lowest BCUT2D eigenvalue weighted by atomic mass is 9.38. The van der Waals surface area contributed by atoms with Gasteiger partial charge in [-0.3, -0.25) is 9.59 Å². The van der Waals surface area contributed by atoms with E-state index < -0.39 is 11.6 Å². The van der Waals surface area contributed by atoms with Crippen LogP contribution in [0, 0.1) is 17.0 Å². The van der Waals surface area contributed by atoms with Gasteiger partial charge < -0.3 is 14.8 Å². The third-order valence-corrected chi connectivity index (χ3v) is 6.13. The molecule has 2 aromatic rings. The van der Waals surface area contributed by atoms with E-state index in [1.54, 1.807) is 6.07 Å². The molecule has 3 fully saturated rings. The number of methoxy groups -OCH3 is 1. The molecule has 1 amide bonds. The van der Waals surface area contributed by atoms with E-state index in [4.69, 9.17) is 21.1 Å². The van der Waals surface area contributed by atoms with Gasteiger partial charge in [0, 0.05) is 18.0 Å². The minimum atomic E-state index is -0.643. The molecule has 0 aromatic heterocycles. The topological polar surface area (TPSA) is 64.6 Å². The first-order chi connectivity index (χ1) is 14.2. The van der Waals surface area contributed by atoms with Crippen LogP contribution in [0.4, 0.5) is 8.78 Å². The molecule has 0 aliphatic heterocycles. The van der Waals surface area contributed by atoms with Crippen LogP contribution < -0.4 is 14.8 Å². The van der Waals surface area contributed by atoms with Crippen LogP contribution in [-0.2, 0) is 4.79 Å². The molecule has 0 saturated heterocycles. The Labute approximate surface area is 177 Å². The minimum absolute atomic E-state index is 0.0191. The van der Waals surface area contributed by atoms with Crippen molar-refractivity contribution in [2.45, 2.75) is 31.2 Å². The fourth-order valence-electron chi connectivity index (χ4n) is 4.69. The Kier molecular flexibility index (Phi) is 5.18. The Morgan fingerprint density at radius 3 is 2.57 bits per heavy atom. The fourth-order valence-corrected chi connectivity index (χ4v) is 4.80. The second-order valence-electron chi connectivity index (χ2n) is 8.15. The van der Waals surface area contributed by atoms with Gasteiger partial charge in [-0.25, -0.2) is 8.78 Å². The molecule has 0 heterocycles. The summed E-state index contributed by atoms with van der Waals surface area (Å²) in [6.07, 6.45) is 2.23. The van der Waals surface area contributed by atoms with Gasteiger partial charge in [0.2, 0.25) is 0 Å². The highest BCUT2D eigenvalue weighted by molar-refractivity contribution is 6.30. The van der Waals surface area contributed by atoms with Crippen LogP contribution in [0.3, 0.4) is 0 Å². The van der Waals surface area contributed by atoms with Crippen LogP contribution in [0.15, 0.2) is 36.4 Å². The second-order valence-corrected chi connectivity index (χ2v) is 8.55. The molecule has 3 aliphatic carbocycles. The molecule has 158 valence electrons. The average Bonchev–Trinajstić information content (AvgIpc) is 2.66. The minimum Gasteiger partial charge on any atom is -0.494 e. The molecule has 8 heteroatoms. The molecule has 2 aromatic carbocycles. The maximum absolute atomic E-state index is 14.3. The number of amides is 1. The number of halogens is 3. The summed E-state index contributed by atoms with van der Waals surface area (Å²) in [4.78, 5) is 24.7. The number of rotatable bonds is 8. The highest BCUT2D eigenvalue weighted by Crippen LogP contribution is 2.69. The third-order valence-electron chi connectivity index (χ3n) is 5.82. The van der Waals surface area contributed by atoms with E-state index in [0.29, 0.717) is 19.3 Å². The Hall–Kier alpha value is -2.67. The van der Waals surface area contributed by atoms with Gasteiger partial charge in [-0.15, -0.1) is 0 Å². The van der Waals surface area contributed by atoms with Crippen LogP contribution >= 0.6 is 11.6 Å². The lowest BCUT2D eigenvalue weighted by Gasteiger charge is -2.70. The molecule has 3 saturated carbocycles. The summed E-state index contributed by atoms with van der Waals surface area (Å²) in [5.41, 5.74) is -0.500.